The van der Waals surface area contributed by atoms with Crippen molar-refractivity contribution in [2.45, 2.75) is 25.8 Å². The number of benzene rings is 2. The SMILES string of the molecule is CCN(CC)C(=O)c1ccc(NC(=O)CN2C[C@@H](N)[C@H](c3ccccc3)C2)cc1. The summed E-state index contributed by atoms with van der Waals surface area (Å²) in [6.45, 7) is 7.05. The molecule has 0 saturated carbocycles. The van der Waals surface area contributed by atoms with E-state index >= 15 is 0 Å². The van der Waals surface area contributed by atoms with Crippen LogP contribution in [0.15, 0.2) is 54.6 Å². The Morgan fingerprint density at radius 1 is 1.03 bits per heavy atom. The number of nitrogens with one attached hydrogen (secondary N) is 1. The van der Waals surface area contributed by atoms with Crippen LogP contribution in [-0.2, 0) is 4.79 Å². The van der Waals surface area contributed by atoms with Crippen LogP contribution in [0.5, 0.6) is 0 Å². The third kappa shape index (κ3) is 5.22. The number of amides is 2. The summed E-state index contributed by atoms with van der Waals surface area (Å²) in [5.74, 6) is 0.175. The molecule has 0 bridgehead atoms. The van der Waals surface area contributed by atoms with Crippen molar-refractivity contribution >= 4 is 17.5 Å². The number of likely N-dealkylation sites (tertiary alicyclic amines) is 1. The van der Waals surface area contributed by atoms with Gasteiger partial charge in [-0.15, -0.1) is 0 Å². The van der Waals surface area contributed by atoms with E-state index < -0.39 is 0 Å². The van der Waals surface area contributed by atoms with Gasteiger partial charge in [-0.05, 0) is 43.7 Å². The van der Waals surface area contributed by atoms with Gasteiger partial charge in [0, 0.05) is 49.4 Å². The van der Waals surface area contributed by atoms with E-state index in [4.69, 9.17) is 5.73 Å². The van der Waals surface area contributed by atoms with Crippen LogP contribution in [0.4, 0.5) is 5.69 Å². The van der Waals surface area contributed by atoms with Crippen LogP contribution in [0.1, 0.15) is 35.7 Å². The van der Waals surface area contributed by atoms with Crippen LogP contribution >= 0.6 is 0 Å². The lowest BCUT2D eigenvalue weighted by molar-refractivity contribution is -0.117. The van der Waals surface area contributed by atoms with Crippen molar-refractivity contribution in [2.24, 2.45) is 5.73 Å². The summed E-state index contributed by atoms with van der Waals surface area (Å²) in [4.78, 5) is 28.7. The lowest BCUT2D eigenvalue weighted by atomic mass is 9.95. The summed E-state index contributed by atoms with van der Waals surface area (Å²) < 4.78 is 0. The van der Waals surface area contributed by atoms with Gasteiger partial charge in [0.15, 0.2) is 0 Å². The quantitative estimate of drug-likeness (QED) is 0.756. The molecule has 154 valence electrons. The Morgan fingerprint density at radius 2 is 1.69 bits per heavy atom. The molecule has 3 rings (SSSR count). The van der Waals surface area contributed by atoms with E-state index in [1.807, 2.05) is 32.0 Å². The molecule has 6 nitrogen and oxygen atoms in total. The van der Waals surface area contributed by atoms with Crippen LogP contribution in [0.3, 0.4) is 0 Å². The van der Waals surface area contributed by atoms with Gasteiger partial charge >= 0.3 is 0 Å². The standard InChI is InChI=1S/C23H30N4O2/c1-3-27(4-2)23(29)18-10-12-19(13-11-18)25-22(28)16-26-14-20(21(24)15-26)17-8-6-5-7-9-17/h5-13,20-21H,3-4,14-16,24H2,1-2H3,(H,25,28)/t20-,21+/m0/s1. The second-order valence-corrected chi connectivity index (χ2v) is 7.48. The van der Waals surface area contributed by atoms with Crippen LogP contribution in [0.25, 0.3) is 0 Å². The molecule has 0 radical (unpaired) electrons. The molecule has 3 N–H and O–H groups in total. The van der Waals surface area contributed by atoms with Gasteiger partial charge in [-0.2, -0.15) is 0 Å². The Kier molecular flexibility index (Phi) is 7.01. The molecule has 6 heteroatoms. The first-order valence-corrected chi connectivity index (χ1v) is 10.2. The molecule has 1 aliphatic heterocycles. The molecule has 0 aromatic heterocycles. The highest BCUT2D eigenvalue weighted by Crippen LogP contribution is 2.26. The van der Waals surface area contributed by atoms with E-state index in [2.05, 4.69) is 22.3 Å². The maximum Gasteiger partial charge on any atom is 0.253 e. The number of hydrogen-bond donors (Lipinski definition) is 2. The number of anilines is 1. The first-order valence-electron chi connectivity index (χ1n) is 10.2. The van der Waals surface area contributed by atoms with Crippen LogP contribution in [0, 0.1) is 0 Å². The van der Waals surface area contributed by atoms with Gasteiger partial charge in [-0.3, -0.25) is 14.5 Å². The molecule has 1 saturated heterocycles. The third-order valence-electron chi connectivity index (χ3n) is 5.50. The summed E-state index contributed by atoms with van der Waals surface area (Å²) in [6.07, 6.45) is 0. The van der Waals surface area contributed by atoms with Crippen molar-refractivity contribution in [3.05, 3.63) is 65.7 Å². The minimum atomic E-state index is -0.0752. The average molecular weight is 395 g/mol. The zero-order valence-electron chi connectivity index (χ0n) is 17.2. The van der Waals surface area contributed by atoms with Crippen LogP contribution < -0.4 is 11.1 Å². The highest BCUT2D eigenvalue weighted by atomic mass is 16.2. The zero-order chi connectivity index (χ0) is 20.8. The van der Waals surface area contributed by atoms with Crippen molar-refractivity contribution in [3.8, 4) is 0 Å². The smallest absolute Gasteiger partial charge is 0.253 e. The molecule has 2 aromatic carbocycles. The molecule has 0 unspecified atom stereocenters. The summed E-state index contributed by atoms with van der Waals surface area (Å²) >= 11 is 0. The van der Waals surface area contributed by atoms with Gasteiger partial charge in [0.25, 0.3) is 5.91 Å². The summed E-state index contributed by atoms with van der Waals surface area (Å²) in [5.41, 5.74) is 8.85. The average Bonchev–Trinajstić information content (AvgIpc) is 3.09. The van der Waals surface area contributed by atoms with Crippen molar-refractivity contribution in [3.63, 3.8) is 0 Å². The fourth-order valence-electron chi connectivity index (χ4n) is 3.89. The molecular weight excluding hydrogens is 364 g/mol. The Morgan fingerprint density at radius 3 is 2.31 bits per heavy atom. The second-order valence-electron chi connectivity index (χ2n) is 7.48. The molecule has 1 heterocycles. The van der Waals surface area contributed by atoms with Crippen LogP contribution in [0.2, 0.25) is 0 Å². The van der Waals surface area contributed by atoms with Gasteiger partial charge in [-0.1, -0.05) is 30.3 Å². The predicted molar refractivity (Wildman–Crippen MR) is 116 cm³/mol. The van der Waals surface area contributed by atoms with Crippen LogP contribution in [-0.4, -0.2) is 60.4 Å². The van der Waals surface area contributed by atoms with Crippen molar-refractivity contribution < 1.29 is 9.59 Å². The Hall–Kier alpha value is -2.70. The van der Waals surface area contributed by atoms with Gasteiger partial charge in [0.2, 0.25) is 5.91 Å². The van der Waals surface area contributed by atoms with Crippen molar-refractivity contribution in [2.75, 3.05) is 38.0 Å². The number of nitrogens with two attached hydrogens (primary N) is 1. The summed E-state index contributed by atoms with van der Waals surface area (Å²) in [5, 5.41) is 2.92. The minimum Gasteiger partial charge on any atom is -0.339 e. The van der Waals surface area contributed by atoms with E-state index in [1.165, 1.54) is 5.56 Å². The Bertz CT molecular complexity index is 819. The van der Waals surface area contributed by atoms with E-state index in [9.17, 15) is 9.59 Å². The number of carbonyl (C=O) groups excluding carboxylic acids is 2. The maximum absolute atomic E-state index is 12.5. The highest BCUT2D eigenvalue weighted by molar-refractivity contribution is 5.96. The minimum absolute atomic E-state index is 0.00545. The van der Waals surface area contributed by atoms with E-state index in [0.717, 1.165) is 6.54 Å². The lowest BCUT2D eigenvalue weighted by Gasteiger charge is -2.19. The summed E-state index contributed by atoms with van der Waals surface area (Å²) in [7, 11) is 0. The Labute approximate surface area is 172 Å². The second kappa shape index (κ2) is 9.67. The monoisotopic (exact) mass is 394 g/mol. The van der Waals surface area contributed by atoms with E-state index in [-0.39, 0.29) is 23.8 Å². The number of carbonyl (C=O) groups is 2. The molecule has 29 heavy (non-hydrogen) atoms. The normalized spacial score (nSPS) is 19.1. The number of nitrogens with zero attached hydrogens (tertiary/aromatic N) is 2. The van der Waals surface area contributed by atoms with Gasteiger partial charge in [0.1, 0.15) is 0 Å². The molecule has 2 amide bonds. The van der Waals surface area contributed by atoms with Crippen molar-refractivity contribution in [1.29, 1.82) is 0 Å². The molecule has 0 spiro atoms. The molecule has 1 aliphatic rings. The molecule has 0 aliphatic carbocycles. The van der Waals surface area contributed by atoms with Gasteiger partial charge in [0.05, 0.1) is 6.54 Å². The number of rotatable bonds is 7. The predicted octanol–water partition coefficient (Wildman–Crippen LogP) is 2.53. The first-order chi connectivity index (χ1) is 14.0. The lowest BCUT2D eigenvalue weighted by Crippen LogP contribution is -2.33. The van der Waals surface area contributed by atoms with Crippen molar-refractivity contribution in [1.82, 2.24) is 9.80 Å². The highest BCUT2D eigenvalue weighted by Gasteiger charge is 2.31. The molecule has 1 fully saturated rings. The molecule has 2 atom stereocenters. The van der Waals surface area contributed by atoms with E-state index in [1.54, 1.807) is 29.2 Å². The maximum atomic E-state index is 12.5. The number of hydrogen-bond acceptors (Lipinski definition) is 4. The molecular formula is C23H30N4O2. The first kappa shape index (κ1) is 21.0. The fraction of sp³-hybridized carbons (Fsp3) is 0.391. The molecule has 2 aromatic rings. The van der Waals surface area contributed by atoms with Gasteiger partial charge in [-0.25, -0.2) is 0 Å². The van der Waals surface area contributed by atoms with E-state index in [0.29, 0.717) is 37.4 Å². The Balaban J connectivity index is 1.54. The van der Waals surface area contributed by atoms with Gasteiger partial charge < -0.3 is 16.0 Å². The summed E-state index contributed by atoms with van der Waals surface area (Å²) in [6, 6.07) is 17.3. The topological polar surface area (TPSA) is 78.7 Å². The largest absolute Gasteiger partial charge is 0.339 e. The third-order valence-corrected chi connectivity index (χ3v) is 5.50. The fourth-order valence-corrected chi connectivity index (χ4v) is 3.89. The zero-order valence-corrected chi connectivity index (χ0v) is 17.2.